The summed E-state index contributed by atoms with van der Waals surface area (Å²) in [4.78, 5) is 28.3. The van der Waals surface area contributed by atoms with E-state index in [9.17, 15) is 22.8 Å². The van der Waals surface area contributed by atoms with Crippen LogP contribution in [-0.2, 0) is 11.0 Å². The van der Waals surface area contributed by atoms with Gasteiger partial charge in [0.1, 0.15) is 0 Å². The lowest BCUT2D eigenvalue weighted by Crippen LogP contribution is -2.54. The zero-order valence-electron chi connectivity index (χ0n) is 15.2. The Morgan fingerprint density at radius 2 is 1.71 bits per heavy atom. The summed E-state index contributed by atoms with van der Waals surface area (Å²) in [5, 5.41) is 2.63. The van der Waals surface area contributed by atoms with Crippen LogP contribution in [-0.4, -0.2) is 53.8 Å². The molecule has 28 heavy (non-hydrogen) atoms. The Labute approximate surface area is 159 Å². The topological polar surface area (TPSA) is 65.8 Å². The van der Waals surface area contributed by atoms with Gasteiger partial charge in [-0.05, 0) is 43.3 Å². The summed E-state index contributed by atoms with van der Waals surface area (Å²) in [5.74, 6) is -0.223. The minimum Gasteiger partial charge on any atom is -0.459 e. The molecule has 1 aliphatic rings. The lowest BCUT2D eigenvalue weighted by molar-refractivity contribution is -0.137. The van der Waals surface area contributed by atoms with Crippen LogP contribution in [0.3, 0.4) is 0 Å². The molecule has 150 valence electrons. The summed E-state index contributed by atoms with van der Waals surface area (Å²) in [6.07, 6.45) is -2.97. The van der Waals surface area contributed by atoms with Crippen molar-refractivity contribution in [2.24, 2.45) is 0 Å². The highest BCUT2D eigenvalue weighted by Crippen LogP contribution is 2.29. The minimum absolute atomic E-state index is 0.188. The molecule has 1 N–H and O–H groups in total. The Morgan fingerprint density at radius 3 is 2.25 bits per heavy atom. The fourth-order valence-electron chi connectivity index (χ4n) is 3.02. The molecule has 2 heterocycles. The third kappa shape index (κ3) is 4.53. The number of benzene rings is 1. The van der Waals surface area contributed by atoms with E-state index in [4.69, 9.17) is 4.42 Å². The second kappa shape index (κ2) is 8.05. The molecule has 6 nitrogen and oxygen atoms in total. The van der Waals surface area contributed by atoms with Gasteiger partial charge in [-0.25, -0.2) is 0 Å². The van der Waals surface area contributed by atoms with Gasteiger partial charge in [0.15, 0.2) is 5.76 Å². The molecule has 0 unspecified atom stereocenters. The SMILES string of the molecule is C[C@H](C(=O)Nc1ccc(C(F)(F)F)cc1)N1CCN(C(=O)c2ccco2)CC1. The number of rotatable bonds is 4. The number of piperazine rings is 1. The molecule has 0 spiro atoms. The third-order valence-electron chi connectivity index (χ3n) is 4.74. The summed E-state index contributed by atoms with van der Waals surface area (Å²) >= 11 is 0. The van der Waals surface area contributed by atoms with Crippen molar-refractivity contribution in [3.63, 3.8) is 0 Å². The van der Waals surface area contributed by atoms with Gasteiger partial charge in [0.05, 0.1) is 17.9 Å². The van der Waals surface area contributed by atoms with Gasteiger partial charge in [-0.15, -0.1) is 0 Å². The van der Waals surface area contributed by atoms with Gasteiger partial charge >= 0.3 is 6.18 Å². The lowest BCUT2D eigenvalue weighted by atomic mass is 10.1. The molecule has 0 bridgehead atoms. The first-order valence-electron chi connectivity index (χ1n) is 8.80. The maximum Gasteiger partial charge on any atom is 0.416 e. The van der Waals surface area contributed by atoms with Crippen LogP contribution < -0.4 is 5.32 Å². The monoisotopic (exact) mass is 395 g/mol. The smallest absolute Gasteiger partial charge is 0.416 e. The molecule has 1 aromatic carbocycles. The van der Waals surface area contributed by atoms with E-state index in [2.05, 4.69) is 5.32 Å². The first-order valence-corrected chi connectivity index (χ1v) is 8.80. The molecule has 2 aromatic rings. The zero-order valence-corrected chi connectivity index (χ0v) is 15.2. The first-order chi connectivity index (χ1) is 13.3. The van der Waals surface area contributed by atoms with E-state index in [1.54, 1.807) is 24.0 Å². The Kier molecular flexibility index (Phi) is 5.73. The molecule has 0 saturated carbocycles. The van der Waals surface area contributed by atoms with Gasteiger partial charge in [0.2, 0.25) is 5.91 Å². The number of carbonyl (C=O) groups is 2. The number of nitrogens with one attached hydrogen (secondary N) is 1. The third-order valence-corrected chi connectivity index (χ3v) is 4.74. The van der Waals surface area contributed by atoms with Crippen LogP contribution in [0.25, 0.3) is 0 Å². The number of furan rings is 1. The molecule has 1 fully saturated rings. The number of nitrogens with zero attached hydrogens (tertiary/aromatic N) is 2. The Bertz CT molecular complexity index is 811. The molecule has 3 rings (SSSR count). The van der Waals surface area contributed by atoms with Gasteiger partial charge in [0, 0.05) is 31.9 Å². The Hall–Kier alpha value is -2.81. The quantitative estimate of drug-likeness (QED) is 0.864. The van der Waals surface area contributed by atoms with Gasteiger partial charge in [-0.2, -0.15) is 13.2 Å². The van der Waals surface area contributed by atoms with Gasteiger partial charge in [-0.3, -0.25) is 14.5 Å². The van der Waals surface area contributed by atoms with Crippen LogP contribution in [0, 0.1) is 0 Å². The highest BCUT2D eigenvalue weighted by atomic mass is 19.4. The van der Waals surface area contributed by atoms with Crippen LogP contribution >= 0.6 is 0 Å². The molecule has 0 aliphatic carbocycles. The molecule has 1 saturated heterocycles. The van der Waals surface area contributed by atoms with Crippen LogP contribution in [0.2, 0.25) is 0 Å². The predicted molar refractivity (Wildman–Crippen MR) is 95.7 cm³/mol. The van der Waals surface area contributed by atoms with Crippen LogP contribution in [0.15, 0.2) is 47.1 Å². The molecule has 2 amide bonds. The van der Waals surface area contributed by atoms with E-state index in [1.165, 1.54) is 18.4 Å². The number of carbonyl (C=O) groups excluding carboxylic acids is 2. The molecule has 1 aromatic heterocycles. The largest absolute Gasteiger partial charge is 0.459 e. The average molecular weight is 395 g/mol. The fraction of sp³-hybridized carbons (Fsp3) is 0.368. The van der Waals surface area contributed by atoms with E-state index < -0.39 is 17.8 Å². The molecule has 9 heteroatoms. The van der Waals surface area contributed by atoms with Crippen molar-refractivity contribution >= 4 is 17.5 Å². The van der Waals surface area contributed by atoms with Crippen molar-refractivity contribution in [3.05, 3.63) is 54.0 Å². The molecule has 0 radical (unpaired) electrons. The van der Waals surface area contributed by atoms with Gasteiger partial charge in [-0.1, -0.05) is 0 Å². The lowest BCUT2D eigenvalue weighted by Gasteiger charge is -2.37. The fourth-order valence-corrected chi connectivity index (χ4v) is 3.02. The molecule has 1 atom stereocenters. The van der Waals surface area contributed by atoms with Gasteiger partial charge < -0.3 is 14.6 Å². The normalized spacial score (nSPS) is 16.6. The van der Waals surface area contributed by atoms with E-state index in [1.807, 2.05) is 4.90 Å². The summed E-state index contributed by atoms with van der Waals surface area (Å²) in [7, 11) is 0. The predicted octanol–water partition coefficient (Wildman–Crippen LogP) is 3.08. The maximum absolute atomic E-state index is 12.6. The second-order valence-electron chi connectivity index (χ2n) is 6.55. The number of hydrogen-bond donors (Lipinski definition) is 1. The van der Waals surface area contributed by atoms with Crippen LogP contribution in [0.5, 0.6) is 0 Å². The zero-order chi connectivity index (χ0) is 20.3. The van der Waals surface area contributed by atoms with Crippen molar-refractivity contribution in [1.29, 1.82) is 0 Å². The first kappa shape index (κ1) is 19.9. The summed E-state index contributed by atoms with van der Waals surface area (Å²) in [6.45, 7) is 3.65. The Morgan fingerprint density at radius 1 is 1.07 bits per heavy atom. The van der Waals surface area contributed by atoms with E-state index in [-0.39, 0.29) is 17.6 Å². The van der Waals surface area contributed by atoms with Crippen LogP contribution in [0.1, 0.15) is 23.0 Å². The minimum atomic E-state index is -4.41. The molecule has 1 aliphatic heterocycles. The standard InChI is InChI=1S/C19H20F3N3O3/c1-13(17(26)23-15-6-4-14(5-7-15)19(20,21)22)24-8-10-25(11-9-24)18(27)16-3-2-12-28-16/h2-7,12-13H,8-11H2,1H3,(H,23,26)/t13-/m1/s1. The summed E-state index contributed by atoms with van der Waals surface area (Å²) in [5.41, 5.74) is -0.465. The number of amides is 2. The average Bonchev–Trinajstić information content (AvgIpc) is 3.21. The van der Waals surface area contributed by atoms with E-state index in [0.29, 0.717) is 31.9 Å². The Balaban J connectivity index is 1.52. The summed E-state index contributed by atoms with van der Waals surface area (Å²) < 4.78 is 42.9. The molecular formula is C19H20F3N3O3. The highest BCUT2D eigenvalue weighted by molar-refractivity contribution is 5.94. The highest BCUT2D eigenvalue weighted by Gasteiger charge is 2.31. The second-order valence-corrected chi connectivity index (χ2v) is 6.55. The van der Waals surface area contributed by atoms with Crippen molar-refractivity contribution < 1.29 is 27.2 Å². The van der Waals surface area contributed by atoms with Crippen molar-refractivity contribution in [3.8, 4) is 0 Å². The molecular weight excluding hydrogens is 375 g/mol. The van der Waals surface area contributed by atoms with Gasteiger partial charge in [0.25, 0.3) is 5.91 Å². The van der Waals surface area contributed by atoms with E-state index in [0.717, 1.165) is 12.1 Å². The van der Waals surface area contributed by atoms with Crippen molar-refractivity contribution in [1.82, 2.24) is 9.80 Å². The number of anilines is 1. The maximum atomic E-state index is 12.6. The van der Waals surface area contributed by atoms with E-state index >= 15 is 0 Å². The van der Waals surface area contributed by atoms with Crippen molar-refractivity contribution in [2.45, 2.75) is 19.1 Å². The van der Waals surface area contributed by atoms with Crippen molar-refractivity contribution in [2.75, 3.05) is 31.5 Å². The number of halogens is 3. The number of hydrogen-bond acceptors (Lipinski definition) is 4. The number of alkyl halides is 3. The summed E-state index contributed by atoms with van der Waals surface area (Å²) in [6, 6.07) is 7.09. The van der Waals surface area contributed by atoms with Crippen LogP contribution in [0.4, 0.5) is 18.9 Å².